The molecule has 100 valence electrons. The molecule has 0 spiro atoms. The zero-order chi connectivity index (χ0) is 13.9. The van der Waals surface area contributed by atoms with Gasteiger partial charge in [0.05, 0.1) is 11.4 Å². The Labute approximate surface area is 117 Å². The van der Waals surface area contributed by atoms with Crippen LogP contribution in [0.25, 0.3) is 11.4 Å². The zero-order valence-corrected chi connectivity index (χ0v) is 11.4. The lowest BCUT2D eigenvalue weighted by atomic mass is 10.2. The third-order valence-electron chi connectivity index (χ3n) is 3.10. The Balaban J connectivity index is 1.88. The standard InChI is InChI=1S/C15H15N5/c1-10-5-3-7-16-14(10)12-9-13(20-19-12)18-15-11(2)6-4-8-17-15/h3-9H,1-2H3,(H2,17,18,19,20). The molecule has 0 saturated carbocycles. The van der Waals surface area contributed by atoms with E-state index in [2.05, 4.69) is 25.5 Å². The third kappa shape index (κ3) is 2.38. The van der Waals surface area contributed by atoms with Crippen molar-refractivity contribution in [2.75, 3.05) is 5.32 Å². The highest BCUT2D eigenvalue weighted by molar-refractivity contribution is 5.65. The van der Waals surface area contributed by atoms with Gasteiger partial charge < -0.3 is 5.32 Å². The number of H-pyrrole nitrogens is 1. The molecule has 0 aromatic carbocycles. The molecule has 0 fully saturated rings. The van der Waals surface area contributed by atoms with Crippen LogP contribution in [0.4, 0.5) is 11.6 Å². The van der Waals surface area contributed by atoms with E-state index < -0.39 is 0 Å². The predicted octanol–water partition coefficient (Wildman–Crippen LogP) is 3.23. The first-order chi connectivity index (χ1) is 9.74. The highest BCUT2D eigenvalue weighted by atomic mass is 15.2. The predicted molar refractivity (Wildman–Crippen MR) is 78.8 cm³/mol. The molecule has 0 radical (unpaired) electrons. The molecule has 0 atom stereocenters. The molecule has 3 aromatic rings. The van der Waals surface area contributed by atoms with E-state index >= 15 is 0 Å². The molecule has 0 aliphatic heterocycles. The first-order valence-corrected chi connectivity index (χ1v) is 6.40. The lowest BCUT2D eigenvalue weighted by Gasteiger charge is -2.04. The van der Waals surface area contributed by atoms with Crippen molar-refractivity contribution in [3.63, 3.8) is 0 Å². The summed E-state index contributed by atoms with van der Waals surface area (Å²) in [5, 5.41) is 10.5. The number of hydrogen-bond donors (Lipinski definition) is 2. The number of anilines is 2. The lowest BCUT2D eigenvalue weighted by Crippen LogP contribution is -1.95. The summed E-state index contributed by atoms with van der Waals surface area (Å²) in [6, 6.07) is 9.80. The Kier molecular flexibility index (Phi) is 3.16. The fourth-order valence-corrected chi connectivity index (χ4v) is 2.01. The number of nitrogens with one attached hydrogen (secondary N) is 2. The molecule has 2 N–H and O–H groups in total. The summed E-state index contributed by atoms with van der Waals surface area (Å²) in [6.45, 7) is 4.03. The largest absolute Gasteiger partial charge is 0.323 e. The summed E-state index contributed by atoms with van der Waals surface area (Å²) in [5.41, 5.74) is 3.98. The van der Waals surface area contributed by atoms with Crippen LogP contribution in [0.2, 0.25) is 0 Å². The van der Waals surface area contributed by atoms with Crippen LogP contribution < -0.4 is 5.32 Å². The normalized spacial score (nSPS) is 10.5. The first kappa shape index (κ1) is 12.3. The van der Waals surface area contributed by atoms with Gasteiger partial charge in [0.2, 0.25) is 0 Å². The van der Waals surface area contributed by atoms with Crippen LogP contribution in [0.3, 0.4) is 0 Å². The van der Waals surface area contributed by atoms with Crippen molar-refractivity contribution in [3.8, 4) is 11.4 Å². The van der Waals surface area contributed by atoms with Gasteiger partial charge in [-0.05, 0) is 37.1 Å². The number of nitrogens with zero attached hydrogens (tertiary/aromatic N) is 3. The van der Waals surface area contributed by atoms with Crippen LogP contribution in [0.5, 0.6) is 0 Å². The maximum absolute atomic E-state index is 4.37. The quantitative estimate of drug-likeness (QED) is 0.763. The van der Waals surface area contributed by atoms with Gasteiger partial charge in [-0.3, -0.25) is 10.1 Å². The second kappa shape index (κ2) is 5.13. The highest BCUT2D eigenvalue weighted by Crippen LogP contribution is 2.23. The zero-order valence-electron chi connectivity index (χ0n) is 11.4. The van der Waals surface area contributed by atoms with Crippen LogP contribution in [-0.4, -0.2) is 20.2 Å². The molecular formula is C15H15N5. The van der Waals surface area contributed by atoms with Gasteiger partial charge in [-0.2, -0.15) is 5.10 Å². The van der Waals surface area contributed by atoms with Gasteiger partial charge in [-0.1, -0.05) is 12.1 Å². The SMILES string of the molecule is Cc1cccnc1Nc1cc(-c2ncccc2C)[nH]n1. The lowest BCUT2D eigenvalue weighted by molar-refractivity contribution is 1.08. The summed E-state index contributed by atoms with van der Waals surface area (Å²) >= 11 is 0. The van der Waals surface area contributed by atoms with Crippen LogP contribution in [0, 0.1) is 13.8 Å². The molecule has 3 heterocycles. The van der Waals surface area contributed by atoms with Crippen molar-refractivity contribution in [3.05, 3.63) is 53.9 Å². The van der Waals surface area contributed by atoms with Crippen molar-refractivity contribution in [1.29, 1.82) is 0 Å². The number of aromatic nitrogens is 4. The molecular weight excluding hydrogens is 250 g/mol. The molecule has 3 aromatic heterocycles. The second-order valence-corrected chi connectivity index (χ2v) is 4.63. The van der Waals surface area contributed by atoms with Gasteiger partial charge >= 0.3 is 0 Å². The average Bonchev–Trinajstić information content (AvgIpc) is 2.90. The van der Waals surface area contributed by atoms with E-state index in [1.165, 1.54) is 0 Å². The molecule has 5 nitrogen and oxygen atoms in total. The Morgan fingerprint density at radius 3 is 2.50 bits per heavy atom. The summed E-state index contributed by atoms with van der Waals surface area (Å²) in [6.07, 6.45) is 3.53. The molecule has 0 saturated heterocycles. The van der Waals surface area contributed by atoms with Crippen molar-refractivity contribution < 1.29 is 0 Å². The average molecular weight is 265 g/mol. The Hall–Kier alpha value is -2.69. The molecule has 0 bridgehead atoms. The maximum Gasteiger partial charge on any atom is 0.154 e. The summed E-state index contributed by atoms with van der Waals surface area (Å²) in [4.78, 5) is 8.66. The fourth-order valence-electron chi connectivity index (χ4n) is 2.01. The van der Waals surface area contributed by atoms with Gasteiger partial charge in [0, 0.05) is 18.5 Å². The second-order valence-electron chi connectivity index (χ2n) is 4.63. The van der Waals surface area contributed by atoms with Crippen molar-refractivity contribution >= 4 is 11.6 Å². The number of aromatic amines is 1. The Bertz CT molecular complexity index is 732. The van der Waals surface area contributed by atoms with Crippen molar-refractivity contribution in [1.82, 2.24) is 20.2 Å². The summed E-state index contributed by atoms with van der Waals surface area (Å²) in [5.74, 6) is 1.54. The Morgan fingerprint density at radius 1 is 1.00 bits per heavy atom. The fraction of sp³-hybridized carbons (Fsp3) is 0.133. The van der Waals surface area contributed by atoms with Crippen LogP contribution in [0.1, 0.15) is 11.1 Å². The van der Waals surface area contributed by atoms with E-state index in [9.17, 15) is 0 Å². The molecule has 3 rings (SSSR count). The third-order valence-corrected chi connectivity index (χ3v) is 3.10. The van der Waals surface area contributed by atoms with E-state index in [-0.39, 0.29) is 0 Å². The minimum absolute atomic E-state index is 0.729. The number of aryl methyl sites for hydroxylation is 2. The van der Waals surface area contributed by atoms with Crippen molar-refractivity contribution in [2.24, 2.45) is 0 Å². The molecule has 0 unspecified atom stereocenters. The van der Waals surface area contributed by atoms with Crippen LogP contribution in [0.15, 0.2) is 42.7 Å². The highest BCUT2D eigenvalue weighted by Gasteiger charge is 2.08. The van der Waals surface area contributed by atoms with Gasteiger partial charge in [0.1, 0.15) is 5.82 Å². The Morgan fingerprint density at radius 2 is 1.75 bits per heavy atom. The minimum Gasteiger partial charge on any atom is -0.323 e. The maximum atomic E-state index is 4.37. The van der Waals surface area contributed by atoms with E-state index in [4.69, 9.17) is 0 Å². The summed E-state index contributed by atoms with van der Waals surface area (Å²) in [7, 11) is 0. The van der Waals surface area contributed by atoms with Crippen molar-refractivity contribution in [2.45, 2.75) is 13.8 Å². The smallest absolute Gasteiger partial charge is 0.154 e. The number of hydrogen-bond acceptors (Lipinski definition) is 4. The molecule has 5 heteroatoms. The van der Waals surface area contributed by atoms with Crippen LogP contribution >= 0.6 is 0 Å². The summed E-state index contributed by atoms with van der Waals surface area (Å²) < 4.78 is 0. The van der Waals surface area contributed by atoms with Gasteiger partial charge in [-0.25, -0.2) is 4.98 Å². The van der Waals surface area contributed by atoms with Gasteiger partial charge in [0.15, 0.2) is 5.82 Å². The topological polar surface area (TPSA) is 66.5 Å². The molecule has 20 heavy (non-hydrogen) atoms. The molecule has 0 aliphatic rings. The van der Waals surface area contributed by atoms with E-state index in [0.717, 1.165) is 34.2 Å². The van der Waals surface area contributed by atoms with Gasteiger partial charge in [-0.15, -0.1) is 0 Å². The minimum atomic E-state index is 0.729. The number of pyridine rings is 2. The molecule has 0 aliphatic carbocycles. The van der Waals surface area contributed by atoms with E-state index in [1.807, 2.05) is 44.2 Å². The first-order valence-electron chi connectivity index (χ1n) is 6.40. The molecule has 0 amide bonds. The van der Waals surface area contributed by atoms with E-state index in [1.54, 1.807) is 12.4 Å². The van der Waals surface area contributed by atoms with Gasteiger partial charge in [0.25, 0.3) is 0 Å². The monoisotopic (exact) mass is 265 g/mol. The number of rotatable bonds is 3. The van der Waals surface area contributed by atoms with Crippen LogP contribution in [-0.2, 0) is 0 Å². The van der Waals surface area contributed by atoms with E-state index in [0.29, 0.717) is 0 Å².